The molecule has 3 saturated carbocycles. The minimum Gasteiger partial charge on any atom is -0.489 e. The Morgan fingerprint density at radius 3 is 2.62 bits per heavy atom. The molecule has 0 N–H and O–H groups in total. The molecule has 4 aliphatic rings. The summed E-state index contributed by atoms with van der Waals surface area (Å²) in [6, 6.07) is 4.14. The lowest BCUT2D eigenvalue weighted by molar-refractivity contribution is 0.0197. The van der Waals surface area contributed by atoms with Crippen molar-refractivity contribution in [2.24, 2.45) is 29.6 Å². The van der Waals surface area contributed by atoms with Crippen LogP contribution in [0.2, 0.25) is 0 Å². The molecular formula is C17H16I2O2. The molecule has 6 atom stereocenters. The summed E-state index contributed by atoms with van der Waals surface area (Å²) in [7, 11) is 0. The standard InChI is InChI=1S/C17H16I2O2/c18-7-4-12(19)15-13(5-7)21-17-11-6-10(14(17)16(15)20)8-2-1-3-9(8)11/h4-5,8-11,14,17H,1-3,6H2. The van der Waals surface area contributed by atoms with Gasteiger partial charge in [0.2, 0.25) is 0 Å². The molecule has 0 amide bonds. The van der Waals surface area contributed by atoms with Gasteiger partial charge in [0.15, 0.2) is 5.78 Å². The number of hydrogen-bond acceptors (Lipinski definition) is 2. The first kappa shape index (κ1) is 13.6. The third kappa shape index (κ3) is 1.72. The second-order valence-electron chi connectivity index (χ2n) is 7.06. The van der Waals surface area contributed by atoms with Crippen molar-refractivity contribution in [3.63, 3.8) is 0 Å². The fourth-order valence-electron chi connectivity index (χ4n) is 5.74. The van der Waals surface area contributed by atoms with Crippen LogP contribution >= 0.6 is 45.2 Å². The predicted octanol–water partition coefficient (Wildman–Crippen LogP) is 4.52. The lowest BCUT2D eigenvalue weighted by Gasteiger charge is -2.40. The fourth-order valence-corrected chi connectivity index (χ4v) is 7.80. The number of rotatable bonds is 0. The lowest BCUT2D eigenvalue weighted by atomic mass is 9.70. The lowest BCUT2D eigenvalue weighted by Crippen LogP contribution is -2.46. The number of hydrogen-bond donors (Lipinski definition) is 0. The highest BCUT2D eigenvalue weighted by Gasteiger charge is 2.63. The second kappa shape index (κ2) is 4.58. The van der Waals surface area contributed by atoms with Crippen molar-refractivity contribution in [1.29, 1.82) is 0 Å². The average molecular weight is 506 g/mol. The van der Waals surface area contributed by atoms with E-state index >= 15 is 0 Å². The second-order valence-corrected chi connectivity index (χ2v) is 9.46. The van der Waals surface area contributed by atoms with Crippen molar-refractivity contribution >= 4 is 51.0 Å². The van der Waals surface area contributed by atoms with Gasteiger partial charge in [0.1, 0.15) is 11.9 Å². The summed E-state index contributed by atoms with van der Waals surface area (Å²) in [6.45, 7) is 0. The van der Waals surface area contributed by atoms with E-state index in [4.69, 9.17) is 4.74 Å². The van der Waals surface area contributed by atoms with Crippen LogP contribution in [0, 0.1) is 36.7 Å². The molecule has 3 aliphatic carbocycles. The minimum absolute atomic E-state index is 0.149. The molecule has 0 saturated heterocycles. The molecule has 1 aliphatic heterocycles. The van der Waals surface area contributed by atoms with Crippen LogP contribution in [-0.4, -0.2) is 11.9 Å². The van der Waals surface area contributed by atoms with Gasteiger partial charge in [-0.15, -0.1) is 0 Å². The van der Waals surface area contributed by atoms with E-state index < -0.39 is 0 Å². The first-order valence-electron chi connectivity index (χ1n) is 7.85. The Morgan fingerprint density at radius 2 is 1.81 bits per heavy atom. The van der Waals surface area contributed by atoms with Crippen LogP contribution < -0.4 is 4.74 Å². The Morgan fingerprint density at radius 1 is 1.05 bits per heavy atom. The number of fused-ring (bicyclic) bond motifs is 9. The van der Waals surface area contributed by atoms with Gasteiger partial charge in [-0.1, -0.05) is 6.42 Å². The summed E-state index contributed by atoms with van der Waals surface area (Å²) in [5, 5.41) is 0. The quantitative estimate of drug-likeness (QED) is 0.484. The third-order valence-electron chi connectivity index (χ3n) is 6.34. The first-order valence-corrected chi connectivity index (χ1v) is 10.0. The maximum atomic E-state index is 13.1. The van der Waals surface area contributed by atoms with Crippen LogP contribution in [0.25, 0.3) is 0 Å². The Balaban J connectivity index is 1.62. The Kier molecular flexibility index (Phi) is 2.96. The first-order chi connectivity index (χ1) is 10.1. The molecule has 3 fully saturated rings. The fraction of sp³-hybridized carbons (Fsp3) is 0.588. The number of ether oxygens (including phenoxy) is 1. The van der Waals surface area contributed by atoms with Crippen LogP contribution in [0.3, 0.4) is 0 Å². The predicted molar refractivity (Wildman–Crippen MR) is 96.5 cm³/mol. The number of benzene rings is 1. The summed E-state index contributed by atoms with van der Waals surface area (Å²) in [6.07, 6.45) is 5.47. The monoisotopic (exact) mass is 506 g/mol. The topological polar surface area (TPSA) is 26.3 Å². The number of Topliss-reactive ketones (excluding diaryl/α,β-unsaturated/α-hetero) is 1. The largest absolute Gasteiger partial charge is 0.489 e. The number of halogens is 2. The van der Waals surface area contributed by atoms with Gasteiger partial charge in [0.25, 0.3) is 0 Å². The highest BCUT2D eigenvalue weighted by atomic mass is 127. The molecule has 110 valence electrons. The highest BCUT2D eigenvalue weighted by Crippen LogP contribution is 2.63. The summed E-state index contributed by atoms with van der Waals surface area (Å²) >= 11 is 4.60. The molecule has 4 heteroatoms. The van der Waals surface area contributed by atoms with Crippen molar-refractivity contribution in [3.05, 3.63) is 24.8 Å². The van der Waals surface area contributed by atoms with E-state index in [1.807, 2.05) is 6.07 Å². The minimum atomic E-state index is 0.149. The zero-order valence-corrected chi connectivity index (χ0v) is 15.8. The Labute approximate surface area is 151 Å². The molecule has 5 rings (SSSR count). The SMILES string of the molecule is O=C1c2c(I)cc(I)cc2OC2C3CC(C4CCCC43)C12. The molecule has 1 aromatic carbocycles. The zero-order chi connectivity index (χ0) is 14.3. The van der Waals surface area contributed by atoms with Crippen LogP contribution in [0.1, 0.15) is 36.0 Å². The van der Waals surface area contributed by atoms with Gasteiger partial charge in [-0.25, -0.2) is 0 Å². The summed E-state index contributed by atoms with van der Waals surface area (Å²) in [5.41, 5.74) is 0.861. The smallest absolute Gasteiger partial charge is 0.174 e. The molecule has 2 bridgehead atoms. The van der Waals surface area contributed by atoms with Gasteiger partial charge in [-0.3, -0.25) is 4.79 Å². The molecular weight excluding hydrogens is 490 g/mol. The van der Waals surface area contributed by atoms with Crippen LogP contribution in [-0.2, 0) is 0 Å². The van der Waals surface area contributed by atoms with E-state index in [1.54, 1.807) is 0 Å². The highest BCUT2D eigenvalue weighted by molar-refractivity contribution is 14.1. The average Bonchev–Trinajstić information content (AvgIpc) is 3.07. The van der Waals surface area contributed by atoms with E-state index in [0.29, 0.717) is 17.6 Å². The van der Waals surface area contributed by atoms with Crippen molar-refractivity contribution in [2.75, 3.05) is 0 Å². The maximum absolute atomic E-state index is 13.1. The van der Waals surface area contributed by atoms with Crippen LogP contribution in [0.4, 0.5) is 0 Å². The third-order valence-corrected chi connectivity index (χ3v) is 7.81. The molecule has 1 aromatic rings. The van der Waals surface area contributed by atoms with Crippen molar-refractivity contribution in [1.82, 2.24) is 0 Å². The molecule has 21 heavy (non-hydrogen) atoms. The Bertz CT molecular complexity index is 656. The van der Waals surface area contributed by atoms with E-state index in [-0.39, 0.29) is 12.0 Å². The molecule has 1 heterocycles. The van der Waals surface area contributed by atoms with Gasteiger partial charge < -0.3 is 4.74 Å². The van der Waals surface area contributed by atoms with Gasteiger partial charge in [0, 0.05) is 7.14 Å². The van der Waals surface area contributed by atoms with E-state index in [0.717, 1.165) is 30.3 Å². The summed E-state index contributed by atoms with van der Waals surface area (Å²) in [4.78, 5) is 13.1. The van der Waals surface area contributed by atoms with E-state index in [9.17, 15) is 4.79 Å². The summed E-state index contributed by atoms with van der Waals surface area (Å²) in [5.74, 6) is 4.26. The van der Waals surface area contributed by atoms with Crippen molar-refractivity contribution < 1.29 is 9.53 Å². The van der Waals surface area contributed by atoms with E-state index in [2.05, 4.69) is 51.2 Å². The van der Waals surface area contributed by atoms with Crippen LogP contribution in [0.15, 0.2) is 12.1 Å². The zero-order valence-electron chi connectivity index (χ0n) is 11.5. The molecule has 6 unspecified atom stereocenters. The van der Waals surface area contributed by atoms with E-state index in [1.165, 1.54) is 25.7 Å². The number of ketones is 1. The normalized spacial score (nSPS) is 42.5. The van der Waals surface area contributed by atoms with Gasteiger partial charge >= 0.3 is 0 Å². The molecule has 0 aromatic heterocycles. The summed E-state index contributed by atoms with van der Waals surface area (Å²) < 4.78 is 8.61. The maximum Gasteiger partial charge on any atom is 0.174 e. The molecule has 0 radical (unpaired) electrons. The van der Waals surface area contributed by atoms with Gasteiger partial charge in [-0.2, -0.15) is 0 Å². The van der Waals surface area contributed by atoms with Gasteiger partial charge in [0.05, 0.1) is 11.5 Å². The Hall–Kier alpha value is 0.150. The van der Waals surface area contributed by atoms with Crippen LogP contribution in [0.5, 0.6) is 5.75 Å². The molecule has 2 nitrogen and oxygen atoms in total. The number of carbonyl (C=O) groups excluding carboxylic acids is 1. The molecule has 0 spiro atoms. The van der Waals surface area contributed by atoms with Crippen molar-refractivity contribution in [2.45, 2.75) is 31.8 Å². The van der Waals surface area contributed by atoms with Crippen molar-refractivity contribution in [3.8, 4) is 5.75 Å². The van der Waals surface area contributed by atoms with Gasteiger partial charge in [-0.05, 0) is 100 Å². The number of carbonyl (C=O) groups is 1.